The maximum Gasteiger partial charge on any atom is 0.00127 e. The Morgan fingerprint density at radius 1 is 1.25 bits per heavy atom. The molecule has 1 aliphatic rings. The monoisotopic (exact) mass is 169 g/mol. The highest BCUT2D eigenvalue weighted by atomic mass is 14.9. The van der Waals surface area contributed by atoms with Crippen LogP contribution >= 0.6 is 0 Å². The van der Waals surface area contributed by atoms with Gasteiger partial charge in [-0.3, -0.25) is 0 Å². The molecule has 1 aliphatic carbocycles. The highest BCUT2D eigenvalue weighted by molar-refractivity contribution is 4.98. The van der Waals surface area contributed by atoms with Crippen LogP contribution < -0.4 is 5.32 Å². The highest BCUT2D eigenvalue weighted by Crippen LogP contribution is 2.52. The van der Waals surface area contributed by atoms with E-state index in [0.29, 0.717) is 11.5 Å². The van der Waals surface area contributed by atoms with E-state index in [-0.39, 0.29) is 0 Å². The molecule has 12 heavy (non-hydrogen) atoms. The van der Waals surface area contributed by atoms with Gasteiger partial charge in [-0.1, -0.05) is 34.1 Å². The summed E-state index contributed by atoms with van der Waals surface area (Å²) in [5.41, 5.74) is 0.680. The summed E-state index contributed by atoms with van der Waals surface area (Å²) in [7, 11) is 0. The minimum Gasteiger partial charge on any atom is -0.314 e. The van der Waals surface area contributed by atoms with Crippen LogP contribution in [-0.4, -0.2) is 12.6 Å². The van der Waals surface area contributed by atoms with Crippen molar-refractivity contribution in [3.05, 3.63) is 0 Å². The molecule has 0 amide bonds. The van der Waals surface area contributed by atoms with E-state index in [1.807, 2.05) is 0 Å². The minimum atomic E-state index is 0.645. The van der Waals surface area contributed by atoms with E-state index in [9.17, 15) is 0 Å². The fraction of sp³-hybridized carbons (Fsp3) is 1.00. The Morgan fingerprint density at radius 3 is 2.17 bits per heavy atom. The number of rotatable bonds is 5. The topological polar surface area (TPSA) is 12.0 Å². The van der Waals surface area contributed by atoms with E-state index < -0.39 is 0 Å². The van der Waals surface area contributed by atoms with Gasteiger partial charge in [-0.05, 0) is 24.2 Å². The van der Waals surface area contributed by atoms with Crippen molar-refractivity contribution < 1.29 is 0 Å². The van der Waals surface area contributed by atoms with E-state index in [1.54, 1.807) is 0 Å². The zero-order chi connectivity index (χ0) is 9.19. The lowest BCUT2D eigenvalue weighted by molar-refractivity contribution is 0.299. The first-order valence-electron chi connectivity index (χ1n) is 5.34. The van der Waals surface area contributed by atoms with E-state index in [0.717, 1.165) is 5.92 Å². The van der Waals surface area contributed by atoms with Gasteiger partial charge in [-0.2, -0.15) is 0 Å². The van der Waals surface area contributed by atoms with Crippen LogP contribution in [0.25, 0.3) is 0 Å². The summed E-state index contributed by atoms with van der Waals surface area (Å²) < 4.78 is 0. The summed E-state index contributed by atoms with van der Waals surface area (Å²) in [6.45, 7) is 10.4. The molecule has 0 aromatic heterocycles. The lowest BCUT2D eigenvalue weighted by Gasteiger charge is -2.23. The average Bonchev–Trinajstić information content (AvgIpc) is 2.80. The SMILES string of the molecule is CCC(C)C1(CNC(C)C)CC1. The van der Waals surface area contributed by atoms with E-state index in [4.69, 9.17) is 0 Å². The summed E-state index contributed by atoms with van der Waals surface area (Å²) in [6, 6.07) is 0.645. The predicted molar refractivity (Wildman–Crippen MR) is 54.3 cm³/mol. The summed E-state index contributed by atoms with van der Waals surface area (Å²) in [5.74, 6) is 0.906. The second kappa shape index (κ2) is 3.78. The molecule has 0 saturated heterocycles. The first-order valence-corrected chi connectivity index (χ1v) is 5.34. The smallest absolute Gasteiger partial charge is 0.00127 e. The van der Waals surface area contributed by atoms with Crippen LogP contribution in [0, 0.1) is 11.3 Å². The van der Waals surface area contributed by atoms with Gasteiger partial charge in [0.1, 0.15) is 0 Å². The molecule has 1 heteroatoms. The van der Waals surface area contributed by atoms with Crippen LogP contribution in [0.3, 0.4) is 0 Å². The third-order valence-electron chi connectivity index (χ3n) is 3.41. The number of hydrogen-bond donors (Lipinski definition) is 1. The third kappa shape index (κ3) is 2.22. The summed E-state index contributed by atoms with van der Waals surface area (Å²) in [4.78, 5) is 0. The molecule has 0 aromatic carbocycles. The van der Waals surface area contributed by atoms with Crippen LogP contribution in [0.1, 0.15) is 47.0 Å². The molecule has 0 spiro atoms. The van der Waals surface area contributed by atoms with Crippen molar-refractivity contribution in [2.24, 2.45) is 11.3 Å². The van der Waals surface area contributed by atoms with Gasteiger partial charge in [0, 0.05) is 12.6 Å². The summed E-state index contributed by atoms with van der Waals surface area (Å²) >= 11 is 0. The Hall–Kier alpha value is -0.0400. The van der Waals surface area contributed by atoms with Crippen molar-refractivity contribution in [3.8, 4) is 0 Å². The third-order valence-corrected chi connectivity index (χ3v) is 3.41. The zero-order valence-electron chi connectivity index (χ0n) is 8.98. The molecule has 0 bridgehead atoms. The quantitative estimate of drug-likeness (QED) is 0.667. The molecule has 1 nitrogen and oxygen atoms in total. The molecule has 1 fully saturated rings. The van der Waals surface area contributed by atoms with Crippen LogP contribution in [-0.2, 0) is 0 Å². The van der Waals surface area contributed by atoms with Crippen LogP contribution in [0.5, 0.6) is 0 Å². The Balaban J connectivity index is 2.29. The molecule has 0 heterocycles. The second-order valence-corrected chi connectivity index (χ2v) is 4.71. The molecule has 72 valence electrons. The molecule has 1 atom stereocenters. The minimum absolute atomic E-state index is 0.645. The molecule has 0 aromatic rings. The van der Waals surface area contributed by atoms with Crippen molar-refractivity contribution in [2.45, 2.75) is 53.0 Å². The highest BCUT2D eigenvalue weighted by Gasteiger charge is 2.45. The summed E-state index contributed by atoms with van der Waals surface area (Å²) in [6.07, 6.45) is 4.23. The van der Waals surface area contributed by atoms with Gasteiger partial charge in [0.15, 0.2) is 0 Å². The predicted octanol–water partition coefficient (Wildman–Crippen LogP) is 2.81. The van der Waals surface area contributed by atoms with E-state index >= 15 is 0 Å². The zero-order valence-corrected chi connectivity index (χ0v) is 8.98. The van der Waals surface area contributed by atoms with Crippen LogP contribution in [0.4, 0.5) is 0 Å². The lowest BCUT2D eigenvalue weighted by Crippen LogP contribution is -2.32. The molecule has 0 aliphatic heterocycles. The molecular weight excluding hydrogens is 146 g/mol. The Kier molecular flexibility index (Phi) is 3.16. The maximum absolute atomic E-state index is 3.56. The van der Waals surface area contributed by atoms with Gasteiger partial charge in [-0.25, -0.2) is 0 Å². The fourth-order valence-corrected chi connectivity index (χ4v) is 1.84. The van der Waals surface area contributed by atoms with Gasteiger partial charge in [0.25, 0.3) is 0 Å². The van der Waals surface area contributed by atoms with Crippen molar-refractivity contribution in [2.75, 3.05) is 6.54 Å². The van der Waals surface area contributed by atoms with Gasteiger partial charge < -0.3 is 5.32 Å². The fourth-order valence-electron chi connectivity index (χ4n) is 1.84. The average molecular weight is 169 g/mol. The van der Waals surface area contributed by atoms with Crippen molar-refractivity contribution in [1.82, 2.24) is 5.32 Å². The first-order chi connectivity index (χ1) is 5.60. The Morgan fingerprint density at radius 2 is 1.83 bits per heavy atom. The van der Waals surface area contributed by atoms with Gasteiger partial charge in [-0.15, -0.1) is 0 Å². The molecule has 1 unspecified atom stereocenters. The molecule has 1 rings (SSSR count). The van der Waals surface area contributed by atoms with Gasteiger partial charge in [0.05, 0.1) is 0 Å². The first kappa shape index (κ1) is 10.0. The van der Waals surface area contributed by atoms with E-state index in [1.165, 1.54) is 25.8 Å². The maximum atomic E-state index is 3.56. The Bertz CT molecular complexity index is 136. The van der Waals surface area contributed by atoms with Crippen LogP contribution in [0.15, 0.2) is 0 Å². The number of hydrogen-bond acceptors (Lipinski definition) is 1. The lowest BCUT2D eigenvalue weighted by atomic mass is 9.88. The Labute approximate surface area is 76.9 Å². The van der Waals surface area contributed by atoms with Crippen LogP contribution in [0.2, 0.25) is 0 Å². The second-order valence-electron chi connectivity index (χ2n) is 4.71. The van der Waals surface area contributed by atoms with Gasteiger partial charge in [0.2, 0.25) is 0 Å². The van der Waals surface area contributed by atoms with Gasteiger partial charge >= 0.3 is 0 Å². The molecular formula is C11H23N. The number of nitrogens with one attached hydrogen (secondary N) is 1. The van der Waals surface area contributed by atoms with Crippen molar-refractivity contribution in [1.29, 1.82) is 0 Å². The molecule has 1 N–H and O–H groups in total. The largest absolute Gasteiger partial charge is 0.314 e. The van der Waals surface area contributed by atoms with Crippen molar-refractivity contribution >= 4 is 0 Å². The van der Waals surface area contributed by atoms with Crippen molar-refractivity contribution in [3.63, 3.8) is 0 Å². The molecule has 0 radical (unpaired) electrons. The summed E-state index contributed by atoms with van der Waals surface area (Å²) in [5, 5.41) is 3.56. The standard InChI is InChI=1S/C11H23N/c1-5-10(4)11(6-7-11)8-12-9(2)3/h9-10,12H,5-8H2,1-4H3. The van der Waals surface area contributed by atoms with E-state index in [2.05, 4.69) is 33.0 Å². The normalized spacial score (nSPS) is 22.8. The molecule has 1 saturated carbocycles.